The van der Waals surface area contributed by atoms with Crippen molar-refractivity contribution in [2.24, 2.45) is 0 Å². The minimum absolute atomic E-state index is 0.128. The lowest BCUT2D eigenvalue weighted by molar-refractivity contribution is 0.0991. The van der Waals surface area contributed by atoms with Crippen LogP contribution in [0.4, 0.5) is 5.95 Å². The summed E-state index contributed by atoms with van der Waals surface area (Å²) in [6, 6.07) is 16.2. The molecule has 2 aromatic carbocycles. The standard InChI is InChI=1S/C22H18Cl2N4O3/c1-14-3-2-4-18(24)20(14)30-12-17-9-10-19(31-17)21(29)26-22-25-13-28(27-22)11-15-5-7-16(23)8-6-15/h2-10,13H,11-12H2,1H3,(H,26,27,29). The molecule has 0 aliphatic heterocycles. The normalized spacial score (nSPS) is 10.8. The zero-order chi connectivity index (χ0) is 21.8. The molecule has 2 aromatic heterocycles. The lowest BCUT2D eigenvalue weighted by atomic mass is 10.2. The molecule has 1 amide bonds. The van der Waals surface area contributed by atoms with Gasteiger partial charge < -0.3 is 9.15 Å². The number of aryl methyl sites for hydroxylation is 1. The number of hydrogen-bond donors (Lipinski definition) is 1. The van der Waals surface area contributed by atoms with Crippen LogP contribution in [0.3, 0.4) is 0 Å². The molecule has 0 unspecified atom stereocenters. The molecular formula is C22H18Cl2N4O3. The Kier molecular flexibility index (Phi) is 6.25. The van der Waals surface area contributed by atoms with Crippen LogP contribution >= 0.6 is 23.2 Å². The van der Waals surface area contributed by atoms with Crippen molar-refractivity contribution in [2.45, 2.75) is 20.1 Å². The van der Waals surface area contributed by atoms with Crippen molar-refractivity contribution in [1.82, 2.24) is 14.8 Å². The van der Waals surface area contributed by atoms with Crippen molar-refractivity contribution in [1.29, 1.82) is 0 Å². The van der Waals surface area contributed by atoms with Crippen molar-refractivity contribution in [3.63, 3.8) is 0 Å². The molecule has 0 fully saturated rings. The molecule has 0 aliphatic rings. The van der Waals surface area contributed by atoms with Crippen molar-refractivity contribution >= 4 is 35.1 Å². The summed E-state index contributed by atoms with van der Waals surface area (Å²) in [4.78, 5) is 16.6. The van der Waals surface area contributed by atoms with Crippen molar-refractivity contribution in [3.05, 3.63) is 93.6 Å². The van der Waals surface area contributed by atoms with Crippen LogP contribution in [0.25, 0.3) is 0 Å². The van der Waals surface area contributed by atoms with Crippen LogP contribution in [0.15, 0.2) is 65.3 Å². The molecule has 0 spiro atoms. The number of carbonyl (C=O) groups is 1. The first-order chi connectivity index (χ1) is 15.0. The third kappa shape index (κ3) is 5.25. The number of furan rings is 1. The van der Waals surface area contributed by atoms with Gasteiger partial charge in [-0.05, 0) is 48.4 Å². The summed E-state index contributed by atoms with van der Waals surface area (Å²) in [5.41, 5.74) is 1.92. The Bertz CT molecular complexity index is 1180. The van der Waals surface area contributed by atoms with Crippen molar-refractivity contribution in [3.8, 4) is 5.75 Å². The van der Waals surface area contributed by atoms with E-state index in [1.165, 1.54) is 6.33 Å². The summed E-state index contributed by atoms with van der Waals surface area (Å²) in [7, 11) is 0. The number of nitrogens with zero attached hydrogens (tertiary/aromatic N) is 3. The van der Waals surface area contributed by atoms with E-state index in [0.717, 1.165) is 11.1 Å². The number of aromatic nitrogens is 3. The number of nitrogens with one attached hydrogen (secondary N) is 1. The zero-order valence-electron chi connectivity index (χ0n) is 16.5. The molecule has 31 heavy (non-hydrogen) atoms. The minimum atomic E-state index is -0.454. The first-order valence-corrected chi connectivity index (χ1v) is 10.2. The van der Waals surface area contributed by atoms with Gasteiger partial charge in [0.25, 0.3) is 5.91 Å². The van der Waals surface area contributed by atoms with Gasteiger partial charge in [0, 0.05) is 5.02 Å². The minimum Gasteiger partial charge on any atom is -0.484 e. The van der Waals surface area contributed by atoms with E-state index < -0.39 is 5.91 Å². The van der Waals surface area contributed by atoms with Gasteiger partial charge in [-0.2, -0.15) is 0 Å². The lowest BCUT2D eigenvalue weighted by Gasteiger charge is -2.09. The molecular weight excluding hydrogens is 439 g/mol. The van der Waals surface area contributed by atoms with E-state index in [1.807, 2.05) is 43.3 Å². The van der Waals surface area contributed by atoms with Gasteiger partial charge in [-0.15, -0.1) is 5.10 Å². The highest BCUT2D eigenvalue weighted by Gasteiger charge is 2.15. The van der Waals surface area contributed by atoms with Gasteiger partial charge in [-0.3, -0.25) is 10.1 Å². The van der Waals surface area contributed by atoms with Crippen molar-refractivity contribution < 1.29 is 13.9 Å². The van der Waals surface area contributed by atoms with Crippen LogP contribution in [0, 0.1) is 6.92 Å². The maximum Gasteiger partial charge on any atom is 0.293 e. The van der Waals surface area contributed by atoms with E-state index in [0.29, 0.717) is 28.1 Å². The van der Waals surface area contributed by atoms with E-state index >= 15 is 0 Å². The number of halogens is 2. The highest BCUT2D eigenvalue weighted by molar-refractivity contribution is 6.32. The number of amides is 1. The SMILES string of the molecule is Cc1cccc(Cl)c1OCc1ccc(C(=O)Nc2ncn(Cc3ccc(Cl)cc3)n2)o1. The number of carbonyl (C=O) groups excluding carboxylic acids is 1. The Morgan fingerprint density at radius 3 is 2.71 bits per heavy atom. The molecule has 0 aliphatic carbocycles. The Balaban J connectivity index is 1.35. The van der Waals surface area contributed by atoms with Gasteiger partial charge in [0.2, 0.25) is 5.95 Å². The van der Waals surface area contributed by atoms with Gasteiger partial charge in [0.05, 0.1) is 11.6 Å². The highest BCUT2D eigenvalue weighted by atomic mass is 35.5. The van der Waals surface area contributed by atoms with Crippen LogP contribution in [0.1, 0.15) is 27.4 Å². The average molecular weight is 457 g/mol. The molecule has 4 aromatic rings. The third-order valence-electron chi connectivity index (χ3n) is 4.43. The van der Waals surface area contributed by atoms with Crippen LogP contribution in [0.5, 0.6) is 5.75 Å². The summed E-state index contributed by atoms with van der Waals surface area (Å²) >= 11 is 12.1. The summed E-state index contributed by atoms with van der Waals surface area (Å²) < 4.78 is 12.9. The fourth-order valence-electron chi connectivity index (χ4n) is 2.89. The van der Waals surface area contributed by atoms with E-state index in [-0.39, 0.29) is 18.3 Å². The maximum atomic E-state index is 12.4. The fourth-order valence-corrected chi connectivity index (χ4v) is 3.29. The average Bonchev–Trinajstić information content (AvgIpc) is 3.39. The number of benzene rings is 2. The van der Waals surface area contributed by atoms with E-state index in [2.05, 4.69) is 15.4 Å². The topological polar surface area (TPSA) is 82.2 Å². The first-order valence-electron chi connectivity index (χ1n) is 9.40. The number of hydrogen-bond acceptors (Lipinski definition) is 5. The lowest BCUT2D eigenvalue weighted by Crippen LogP contribution is -2.12. The molecule has 0 radical (unpaired) electrons. The van der Waals surface area contributed by atoms with Crippen LogP contribution < -0.4 is 10.1 Å². The third-order valence-corrected chi connectivity index (χ3v) is 4.98. The van der Waals surface area contributed by atoms with E-state index in [9.17, 15) is 4.79 Å². The molecule has 4 rings (SSSR count). The number of anilines is 1. The van der Waals surface area contributed by atoms with Crippen LogP contribution in [0.2, 0.25) is 10.0 Å². The molecule has 7 nitrogen and oxygen atoms in total. The highest BCUT2D eigenvalue weighted by Crippen LogP contribution is 2.28. The second-order valence-corrected chi connectivity index (χ2v) is 7.63. The van der Waals surface area contributed by atoms with E-state index in [1.54, 1.807) is 22.9 Å². The molecule has 0 saturated carbocycles. The molecule has 2 heterocycles. The van der Waals surface area contributed by atoms with Crippen LogP contribution in [-0.2, 0) is 13.2 Å². The molecule has 9 heteroatoms. The molecule has 0 atom stereocenters. The Morgan fingerprint density at radius 2 is 1.94 bits per heavy atom. The number of para-hydroxylation sites is 1. The summed E-state index contributed by atoms with van der Waals surface area (Å²) in [6.45, 7) is 2.55. The molecule has 0 saturated heterocycles. The van der Waals surface area contributed by atoms with Crippen molar-refractivity contribution in [2.75, 3.05) is 5.32 Å². The largest absolute Gasteiger partial charge is 0.484 e. The number of ether oxygens (including phenoxy) is 1. The second kappa shape index (κ2) is 9.24. The Hall–Kier alpha value is -3.29. The molecule has 158 valence electrons. The molecule has 0 bridgehead atoms. The van der Waals surface area contributed by atoms with Gasteiger partial charge >= 0.3 is 0 Å². The zero-order valence-corrected chi connectivity index (χ0v) is 18.0. The van der Waals surface area contributed by atoms with Gasteiger partial charge in [-0.25, -0.2) is 9.67 Å². The predicted octanol–water partition coefficient (Wildman–Crippen LogP) is 5.37. The second-order valence-electron chi connectivity index (χ2n) is 6.79. The van der Waals surface area contributed by atoms with E-state index in [4.69, 9.17) is 32.4 Å². The summed E-state index contributed by atoms with van der Waals surface area (Å²) in [6.07, 6.45) is 1.54. The number of rotatable bonds is 7. The quantitative estimate of drug-likeness (QED) is 0.404. The fraction of sp³-hybridized carbons (Fsp3) is 0.136. The van der Waals surface area contributed by atoms with Gasteiger partial charge in [-0.1, -0.05) is 47.5 Å². The Morgan fingerprint density at radius 1 is 1.13 bits per heavy atom. The summed E-state index contributed by atoms with van der Waals surface area (Å²) in [5, 5.41) is 8.06. The van der Waals surface area contributed by atoms with Crippen LogP contribution in [-0.4, -0.2) is 20.7 Å². The first kappa shape index (κ1) is 21.0. The molecule has 1 N–H and O–H groups in total. The van der Waals surface area contributed by atoms with Gasteiger partial charge in [0.15, 0.2) is 5.76 Å². The summed E-state index contributed by atoms with van der Waals surface area (Å²) in [5.74, 6) is 0.931. The van der Waals surface area contributed by atoms with Gasteiger partial charge in [0.1, 0.15) is 24.4 Å². The predicted molar refractivity (Wildman–Crippen MR) is 118 cm³/mol. The monoisotopic (exact) mass is 456 g/mol. The maximum absolute atomic E-state index is 12.4. The Labute approximate surface area is 188 Å². The smallest absolute Gasteiger partial charge is 0.293 e.